The maximum absolute atomic E-state index is 13.7. The molecule has 2 atom stereocenters. The fraction of sp³-hybridized carbons (Fsp3) is 0.500. The molecule has 1 aromatic carbocycles. The molecule has 3 N–H and O–H groups in total. The minimum atomic E-state index is -0.475. The summed E-state index contributed by atoms with van der Waals surface area (Å²) in [5, 5.41) is 2.84. The number of nitrogens with two attached hydrogens (primary N) is 1. The molecule has 4 heteroatoms. The van der Waals surface area contributed by atoms with E-state index in [2.05, 4.69) is 5.32 Å². The second kappa shape index (κ2) is 5.48. The number of carbonyl (C=O) groups excluding carboxylic acids is 1. The molecule has 1 aliphatic carbocycles. The standard InChI is InChI=1S/C14H19FN2O/c1-9-6-7-10(11(15)8-9)14(18)17-13-5-3-2-4-12(13)16/h6-8,12-13H,2-5,16H2,1H3,(H,17,18). The van der Waals surface area contributed by atoms with Crippen molar-refractivity contribution in [2.75, 3.05) is 0 Å². The van der Waals surface area contributed by atoms with E-state index < -0.39 is 5.82 Å². The van der Waals surface area contributed by atoms with Crippen LogP contribution in [-0.4, -0.2) is 18.0 Å². The van der Waals surface area contributed by atoms with Gasteiger partial charge >= 0.3 is 0 Å². The van der Waals surface area contributed by atoms with Crippen molar-refractivity contribution in [3.05, 3.63) is 35.1 Å². The van der Waals surface area contributed by atoms with E-state index in [0.29, 0.717) is 0 Å². The van der Waals surface area contributed by atoms with Crippen LogP contribution in [0, 0.1) is 12.7 Å². The van der Waals surface area contributed by atoms with Gasteiger partial charge in [0.15, 0.2) is 0 Å². The van der Waals surface area contributed by atoms with Gasteiger partial charge in [0, 0.05) is 12.1 Å². The molecule has 1 aliphatic rings. The van der Waals surface area contributed by atoms with Crippen molar-refractivity contribution in [1.82, 2.24) is 5.32 Å². The fourth-order valence-electron chi connectivity index (χ4n) is 2.39. The second-order valence-corrected chi connectivity index (χ2v) is 5.01. The van der Waals surface area contributed by atoms with E-state index in [0.717, 1.165) is 31.2 Å². The molecular formula is C14H19FN2O. The molecule has 98 valence electrons. The number of hydrogen-bond acceptors (Lipinski definition) is 2. The summed E-state index contributed by atoms with van der Waals surface area (Å²) in [6, 6.07) is 4.58. The lowest BCUT2D eigenvalue weighted by Crippen LogP contribution is -2.49. The van der Waals surface area contributed by atoms with Crippen LogP contribution in [0.2, 0.25) is 0 Å². The molecule has 3 nitrogen and oxygen atoms in total. The molecule has 0 aliphatic heterocycles. The van der Waals surface area contributed by atoms with Gasteiger partial charge in [-0.2, -0.15) is 0 Å². The number of halogens is 1. The zero-order valence-corrected chi connectivity index (χ0v) is 10.6. The topological polar surface area (TPSA) is 55.1 Å². The molecule has 0 bridgehead atoms. The van der Waals surface area contributed by atoms with Crippen LogP contribution in [0.25, 0.3) is 0 Å². The second-order valence-electron chi connectivity index (χ2n) is 5.01. The van der Waals surface area contributed by atoms with E-state index >= 15 is 0 Å². The van der Waals surface area contributed by atoms with Gasteiger partial charge in [0.1, 0.15) is 5.82 Å². The highest BCUT2D eigenvalue weighted by molar-refractivity contribution is 5.94. The third-order valence-corrected chi connectivity index (χ3v) is 3.51. The maximum atomic E-state index is 13.7. The van der Waals surface area contributed by atoms with Crippen molar-refractivity contribution in [3.8, 4) is 0 Å². The molecule has 1 amide bonds. The van der Waals surface area contributed by atoms with Gasteiger partial charge in [0.05, 0.1) is 5.56 Å². The van der Waals surface area contributed by atoms with Gasteiger partial charge in [-0.05, 0) is 37.5 Å². The predicted molar refractivity (Wildman–Crippen MR) is 68.8 cm³/mol. The third-order valence-electron chi connectivity index (χ3n) is 3.51. The SMILES string of the molecule is Cc1ccc(C(=O)NC2CCCCC2N)c(F)c1. The Balaban J connectivity index is 2.07. The van der Waals surface area contributed by atoms with E-state index in [-0.39, 0.29) is 23.6 Å². The Morgan fingerprint density at radius 3 is 2.78 bits per heavy atom. The normalized spacial score (nSPS) is 23.7. The number of nitrogens with one attached hydrogen (secondary N) is 1. The summed E-state index contributed by atoms with van der Waals surface area (Å²) in [5.41, 5.74) is 6.86. The first kappa shape index (κ1) is 13.0. The molecular weight excluding hydrogens is 231 g/mol. The van der Waals surface area contributed by atoms with Gasteiger partial charge in [-0.1, -0.05) is 18.9 Å². The largest absolute Gasteiger partial charge is 0.348 e. The zero-order chi connectivity index (χ0) is 13.1. The first-order chi connectivity index (χ1) is 8.58. The van der Waals surface area contributed by atoms with Crippen LogP contribution in [0.15, 0.2) is 18.2 Å². The minimum Gasteiger partial charge on any atom is -0.348 e. The van der Waals surface area contributed by atoms with E-state index in [4.69, 9.17) is 5.73 Å². The summed E-state index contributed by atoms with van der Waals surface area (Å²) < 4.78 is 13.7. The average Bonchev–Trinajstić information content (AvgIpc) is 2.32. The van der Waals surface area contributed by atoms with Crippen molar-refractivity contribution in [1.29, 1.82) is 0 Å². The lowest BCUT2D eigenvalue weighted by molar-refractivity contribution is 0.0917. The number of aryl methyl sites for hydroxylation is 1. The van der Waals surface area contributed by atoms with Crippen molar-refractivity contribution in [2.24, 2.45) is 5.73 Å². The number of benzene rings is 1. The molecule has 1 fully saturated rings. The summed E-state index contributed by atoms with van der Waals surface area (Å²) in [7, 11) is 0. The van der Waals surface area contributed by atoms with E-state index in [9.17, 15) is 9.18 Å². The Labute approximate surface area is 107 Å². The lowest BCUT2D eigenvalue weighted by atomic mass is 9.91. The first-order valence-electron chi connectivity index (χ1n) is 6.40. The highest BCUT2D eigenvalue weighted by Crippen LogP contribution is 2.18. The molecule has 0 heterocycles. The van der Waals surface area contributed by atoms with Crippen LogP contribution in [-0.2, 0) is 0 Å². The van der Waals surface area contributed by atoms with Crippen LogP contribution in [0.1, 0.15) is 41.6 Å². The third kappa shape index (κ3) is 2.88. The molecule has 1 aromatic rings. The highest BCUT2D eigenvalue weighted by atomic mass is 19.1. The van der Waals surface area contributed by atoms with Gasteiger partial charge in [-0.15, -0.1) is 0 Å². The molecule has 18 heavy (non-hydrogen) atoms. The maximum Gasteiger partial charge on any atom is 0.254 e. The summed E-state index contributed by atoms with van der Waals surface area (Å²) in [6.07, 6.45) is 3.96. The van der Waals surface area contributed by atoms with Gasteiger partial charge in [-0.3, -0.25) is 4.79 Å². The zero-order valence-electron chi connectivity index (χ0n) is 10.6. The van der Waals surface area contributed by atoms with Gasteiger partial charge < -0.3 is 11.1 Å². The van der Waals surface area contributed by atoms with Crippen LogP contribution in [0.3, 0.4) is 0 Å². The predicted octanol–water partition coefficient (Wildman–Crippen LogP) is 2.13. The molecule has 0 saturated heterocycles. The highest BCUT2D eigenvalue weighted by Gasteiger charge is 2.24. The molecule has 0 spiro atoms. The van der Waals surface area contributed by atoms with E-state index in [1.807, 2.05) is 0 Å². The Kier molecular flexibility index (Phi) is 3.97. The van der Waals surface area contributed by atoms with E-state index in [1.54, 1.807) is 13.0 Å². The Bertz CT molecular complexity index is 447. The van der Waals surface area contributed by atoms with Crippen LogP contribution in [0.4, 0.5) is 4.39 Å². The monoisotopic (exact) mass is 250 g/mol. The fourth-order valence-corrected chi connectivity index (χ4v) is 2.39. The minimum absolute atomic E-state index is 0.0174. The Hall–Kier alpha value is -1.42. The average molecular weight is 250 g/mol. The van der Waals surface area contributed by atoms with Gasteiger partial charge in [0.2, 0.25) is 0 Å². The van der Waals surface area contributed by atoms with Gasteiger partial charge in [-0.25, -0.2) is 4.39 Å². The van der Waals surface area contributed by atoms with E-state index in [1.165, 1.54) is 12.1 Å². The van der Waals surface area contributed by atoms with Crippen LogP contribution < -0.4 is 11.1 Å². The Morgan fingerprint density at radius 2 is 2.11 bits per heavy atom. The molecule has 1 saturated carbocycles. The Morgan fingerprint density at radius 1 is 1.39 bits per heavy atom. The van der Waals surface area contributed by atoms with Crippen molar-refractivity contribution in [2.45, 2.75) is 44.7 Å². The molecule has 0 radical (unpaired) electrons. The summed E-state index contributed by atoms with van der Waals surface area (Å²) in [6.45, 7) is 1.79. The number of amides is 1. The number of hydrogen-bond donors (Lipinski definition) is 2. The summed E-state index contributed by atoms with van der Waals surface area (Å²) in [5.74, 6) is -0.841. The van der Waals surface area contributed by atoms with Crippen LogP contribution in [0.5, 0.6) is 0 Å². The number of carbonyl (C=O) groups is 1. The van der Waals surface area contributed by atoms with Crippen LogP contribution >= 0.6 is 0 Å². The number of rotatable bonds is 2. The molecule has 0 aromatic heterocycles. The first-order valence-corrected chi connectivity index (χ1v) is 6.40. The van der Waals surface area contributed by atoms with Crippen molar-refractivity contribution in [3.63, 3.8) is 0 Å². The quantitative estimate of drug-likeness (QED) is 0.845. The lowest BCUT2D eigenvalue weighted by Gasteiger charge is -2.29. The molecule has 2 unspecified atom stereocenters. The van der Waals surface area contributed by atoms with Crippen molar-refractivity contribution < 1.29 is 9.18 Å². The summed E-state index contributed by atoms with van der Waals surface area (Å²) >= 11 is 0. The molecule has 2 rings (SSSR count). The summed E-state index contributed by atoms with van der Waals surface area (Å²) in [4.78, 5) is 12.0. The smallest absolute Gasteiger partial charge is 0.254 e. The van der Waals surface area contributed by atoms with Gasteiger partial charge in [0.25, 0.3) is 5.91 Å². The van der Waals surface area contributed by atoms with Crippen molar-refractivity contribution >= 4 is 5.91 Å².